The van der Waals surface area contributed by atoms with Crippen molar-refractivity contribution in [3.63, 3.8) is 0 Å². The quantitative estimate of drug-likeness (QED) is 0.712. The second kappa shape index (κ2) is 5.52. The van der Waals surface area contributed by atoms with E-state index in [0.717, 1.165) is 52.4 Å². The van der Waals surface area contributed by atoms with Crippen molar-refractivity contribution < 1.29 is 13.5 Å². The zero-order chi connectivity index (χ0) is 16.2. The van der Waals surface area contributed by atoms with Crippen LogP contribution in [0.1, 0.15) is 55.9 Å². The van der Waals surface area contributed by atoms with Crippen LogP contribution in [-0.2, 0) is 11.2 Å². The number of rotatable bonds is 2. The molecule has 124 valence electrons. The molecule has 0 spiro atoms. The van der Waals surface area contributed by atoms with E-state index in [2.05, 4.69) is 21.0 Å². The summed E-state index contributed by atoms with van der Waals surface area (Å²) in [4.78, 5) is 0. The zero-order valence-corrected chi connectivity index (χ0v) is 14.6. The average Bonchev–Trinajstić information content (AvgIpc) is 3.06. The Kier molecular flexibility index (Phi) is 3.72. The first-order valence-electron chi connectivity index (χ1n) is 8.21. The molecule has 2 heterocycles. The lowest BCUT2D eigenvalue weighted by atomic mass is 9.95. The first-order chi connectivity index (χ1) is 11.0. The first-order valence-corrected chi connectivity index (χ1v) is 9.00. The fraction of sp³-hybridized carbons (Fsp3) is 0.588. The Morgan fingerprint density at radius 1 is 1.43 bits per heavy atom. The molecule has 2 unspecified atom stereocenters. The smallest absolute Gasteiger partial charge is 0.258 e. The third kappa shape index (κ3) is 2.33. The van der Waals surface area contributed by atoms with E-state index in [1.54, 1.807) is 6.20 Å². The molecule has 0 N–H and O–H groups in total. The van der Waals surface area contributed by atoms with Crippen molar-refractivity contribution in [2.75, 3.05) is 6.61 Å². The Labute approximate surface area is 142 Å². The van der Waals surface area contributed by atoms with E-state index in [0.29, 0.717) is 6.42 Å². The van der Waals surface area contributed by atoms with Crippen LogP contribution in [-0.4, -0.2) is 22.3 Å². The highest BCUT2D eigenvalue weighted by atomic mass is 79.9. The summed E-state index contributed by atoms with van der Waals surface area (Å²) >= 11 is 3.58. The van der Waals surface area contributed by atoms with Gasteiger partial charge in [0.05, 0.1) is 11.7 Å². The van der Waals surface area contributed by atoms with Gasteiger partial charge in [-0.1, -0.05) is 6.92 Å². The van der Waals surface area contributed by atoms with E-state index in [4.69, 9.17) is 4.74 Å². The summed E-state index contributed by atoms with van der Waals surface area (Å²) in [6, 6.07) is 1.89. The van der Waals surface area contributed by atoms with E-state index in [1.165, 1.54) is 0 Å². The number of nitrogens with zero attached hydrogens (tertiary/aromatic N) is 2. The topological polar surface area (TPSA) is 27.1 Å². The summed E-state index contributed by atoms with van der Waals surface area (Å²) in [5.41, 5.74) is 2.38. The maximum atomic E-state index is 14.3. The SMILES string of the molecule is CCC1c2c(cc3c(cnn3C3CCCCO3)c2Br)CC1(F)F. The molecule has 1 aliphatic carbocycles. The number of halogens is 3. The molecule has 0 radical (unpaired) electrons. The van der Waals surface area contributed by atoms with Crippen LogP contribution in [0.4, 0.5) is 8.78 Å². The first kappa shape index (κ1) is 15.5. The van der Waals surface area contributed by atoms with Crippen LogP contribution in [0.2, 0.25) is 0 Å². The number of aromatic nitrogens is 2. The van der Waals surface area contributed by atoms with Crippen LogP contribution in [0.15, 0.2) is 16.7 Å². The second-order valence-electron chi connectivity index (χ2n) is 6.51. The van der Waals surface area contributed by atoms with E-state index >= 15 is 0 Å². The number of alkyl halides is 2. The molecule has 1 aliphatic heterocycles. The van der Waals surface area contributed by atoms with Crippen molar-refractivity contribution >= 4 is 26.8 Å². The Morgan fingerprint density at radius 3 is 2.96 bits per heavy atom. The van der Waals surface area contributed by atoms with Crippen LogP contribution in [0.5, 0.6) is 0 Å². The minimum Gasteiger partial charge on any atom is -0.356 e. The van der Waals surface area contributed by atoms with Crippen LogP contribution in [0.3, 0.4) is 0 Å². The van der Waals surface area contributed by atoms with Crippen molar-refractivity contribution in [2.24, 2.45) is 0 Å². The molecule has 1 aromatic heterocycles. The van der Waals surface area contributed by atoms with Crippen molar-refractivity contribution in [3.8, 4) is 0 Å². The summed E-state index contributed by atoms with van der Waals surface area (Å²) in [5, 5.41) is 5.38. The van der Waals surface area contributed by atoms with Gasteiger partial charge in [-0.2, -0.15) is 5.10 Å². The van der Waals surface area contributed by atoms with E-state index in [9.17, 15) is 8.78 Å². The van der Waals surface area contributed by atoms with Gasteiger partial charge in [0, 0.05) is 28.8 Å². The maximum absolute atomic E-state index is 14.3. The van der Waals surface area contributed by atoms with Gasteiger partial charge in [0.2, 0.25) is 0 Å². The fourth-order valence-corrected chi connectivity index (χ4v) is 4.81. The van der Waals surface area contributed by atoms with Gasteiger partial charge in [-0.3, -0.25) is 0 Å². The molecule has 2 atom stereocenters. The summed E-state index contributed by atoms with van der Waals surface area (Å²) in [5.74, 6) is -3.39. The maximum Gasteiger partial charge on any atom is 0.258 e. The van der Waals surface area contributed by atoms with Crippen LogP contribution in [0.25, 0.3) is 10.9 Å². The molecule has 6 heteroatoms. The van der Waals surface area contributed by atoms with Gasteiger partial charge in [-0.25, -0.2) is 13.5 Å². The molecule has 2 aromatic rings. The minimum atomic E-state index is -2.67. The Balaban J connectivity index is 1.86. The van der Waals surface area contributed by atoms with E-state index < -0.39 is 11.8 Å². The fourth-order valence-electron chi connectivity index (χ4n) is 3.97. The Bertz CT molecular complexity index is 753. The standard InChI is InChI=1S/C17H19BrF2N2O/c1-2-12-15-10(8-17(12,19)20)7-13-11(16(15)18)9-21-22(13)14-5-3-4-6-23-14/h7,9,12,14H,2-6,8H2,1H3. The van der Waals surface area contributed by atoms with Crippen LogP contribution >= 0.6 is 15.9 Å². The molecule has 1 fully saturated rings. The molecule has 0 saturated carbocycles. The molecule has 23 heavy (non-hydrogen) atoms. The molecule has 1 aromatic carbocycles. The number of hydrogen-bond donors (Lipinski definition) is 0. The monoisotopic (exact) mass is 384 g/mol. The molecular weight excluding hydrogens is 366 g/mol. The largest absolute Gasteiger partial charge is 0.356 e. The summed E-state index contributed by atoms with van der Waals surface area (Å²) < 4.78 is 37.1. The van der Waals surface area contributed by atoms with Crippen molar-refractivity contribution in [1.82, 2.24) is 9.78 Å². The molecule has 3 nitrogen and oxygen atoms in total. The van der Waals surface area contributed by atoms with Crippen molar-refractivity contribution in [3.05, 3.63) is 27.9 Å². The van der Waals surface area contributed by atoms with Gasteiger partial charge in [0.25, 0.3) is 5.92 Å². The highest BCUT2D eigenvalue weighted by Crippen LogP contribution is 2.51. The van der Waals surface area contributed by atoms with Gasteiger partial charge in [-0.15, -0.1) is 0 Å². The Morgan fingerprint density at radius 2 is 2.26 bits per heavy atom. The third-order valence-electron chi connectivity index (χ3n) is 5.08. The highest BCUT2D eigenvalue weighted by Gasteiger charge is 2.47. The summed E-state index contributed by atoms with van der Waals surface area (Å²) in [6.45, 7) is 2.55. The predicted octanol–water partition coefficient (Wildman–Crippen LogP) is 5.18. The molecule has 0 amide bonds. The minimum absolute atomic E-state index is 0.0879. The van der Waals surface area contributed by atoms with Crippen LogP contribution < -0.4 is 0 Å². The number of benzene rings is 1. The van der Waals surface area contributed by atoms with Gasteiger partial charge in [-0.05, 0) is 58.8 Å². The molecule has 2 aliphatic rings. The number of hydrogen-bond acceptors (Lipinski definition) is 2. The lowest BCUT2D eigenvalue weighted by Gasteiger charge is -2.23. The highest BCUT2D eigenvalue weighted by molar-refractivity contribution is 9.10. The third-order valence-corrected chi connectivity index (χ3v) is 5.94. The lowest BCUT2D eigenvalue weighted by Crippen LogP contribution is -2.21. The van der Waals surface area contributed by atoms with Gasteiger partial charge in [0.15, 0.2) is 6.23 Å². The summed E-state index contributed by atoms with van der Waals surface area (Å²) in [7, 11) is 0. The van der Waals surface area contributed by atoms with Crippen molar-refractivity contribution in [2.45, 2.75) is 57.1 Å². The molecular formula is C17H19BrF2N2O. The second-order valence-corrected chi connectivity index (χ2v) is 7.30. The lowest BCUT2D eigenvalue weighted by molar-refractivity contribution is -0.0366. The van der Waals surface area contributed by atoms with Gasteiger partial charge >= 0.3 is 0 Å². The molecule has 0 bridgehead atoms. The Hall–Kier alpha value is -1.01. The number of ether oxygens (including phenoxy) is 1. The molecule has 1 saturated heterocycles. The van der Waals surface area contributed by atoms with Gasteiger partial charge < -0.3 is 4.74 Å². The normalized spacial score (nSPS) is 26.6. The zero-order valence-electron chi connectivity index (χ0n) is 13.0. The van der Waals surface area contributed by atoms with E-state index in [1.807, 2.05) is 17.7 Å². The van der Waals surface area contributed by atoms with E-state index in [-0.39, 0.29) is 12.6 Å². The van der Waals surface area contributed by atoms with Crippen molar-refractivity contribution in [1.29, 1.82) is 0 Å². The summed E-state index contributed by atoms with van der Waals surface area (Å²) in [6.07, 6.45) is 5.01. The predicted molar refractivity (Wildman–Crippen MR) is 88.0 cm³/mol. The number of fused-ring (bicyclic) bond motifs is 2. The van der Waals surface area contributed by atoms with Gasteiger partial charge in [0.1, 0.15) is 0 Å². The van der Waals surface area contributed by atoms with Crippen LogP contribution in [0, 0.1) is 0 Å². The molecule has 4 rings (SSSR count). The average molecular weight is 385 g/mol.